The van der Waals surface area contributed by atoms with Crippen molar-refractivity contribution in [2.45, 2.75) is 26.1 Å². The molecule has 3 N–H and O–H groups in total. The molecule has 2 aromatic carbocycles. The van der Waals surface area contributed by atoms with Crippen LogP contribution in [0.3, 0.4) is 0 Å². The summed E-state index contributed by atoms with van der Waals surface area (Å²) < 4.78 is 31.6. The predicted molar refractivity (Wildman–Crippen MR) is 110 cm³/mol. The largest absolute Gasteiger partial charge is 0.489 e. The van der Waals surface area contributed by atoms with E-state index in [4.69, 9.17) is 20.9 Å². The average molecular weight is 429 g/mol. The van der Waals surface area contributed by atoms with E-state index in [2.05, 4.69) is 10.6 Å². The first-order valence-corrected chi connectivity index (χ1v) is 10.7. The Morgan fingerprint density at radius 1 is 1.18 bits per heavy atom. The van der Waals surface area contributed by atoms with Gasteiger partial charge in [-0.15, -0.1) is 0 Å². The molecule has 0 fully saturated rings. The van der Waals surface area contributed by atoms with E-state index < -0.39 is 10.1 Å². The summed E-state index contributed by atoms with van der Waals surface area (Å²) in [4.78, 5) is 11.4. The summed E-state index contributed by atoms with van der Waals surface area (Å²) >= 11 is 6.10. The number of rotatable bonds is 7. The number of nitrogens with one attached hydrogen (secondary N) is 2. The molecule has 7 nitrogen and oxygen atoms in total. The lowest BCUT2D eigenvalue weighted by Crippen LogP contribution is -2.40. The second-order valence-electron chi connectivity index (χ2n) is 5.97. The highest BCUT2D eigenvalue weighted by Crippen LogP contribution is 2.19. The molecule has 0 aliphatic rings. The number of halogens is 1. The molecule has 1 amide bonds. The second-order valence-corrected chi connectivity index (χ2v) is 7.85. The highest BCUT2D eigenvalue weighted by atomic mass is 35.5. The quantitative estimate of drug-likeness (QED) is 0.585. The predicted octanol–water partition coefficient (Wildman–Crippen LogP) is 2.65. The standard InChI is InChI=1S/C18H21ClN2O2.CH4O3S/c1-13(18(22)20-2)21-11-14-7-9-16(10-8-14)23-12-15-5-3-4-6-17(15)19;1-5(2,3)4/h3-10,13,21H,11-12H2,1-2H3,(H,20,22);1H3,(H,2,3,4)/t13-;/m1./s1. The summed E-state index contributed by atoms with van der Waals surface area (Å²) in [6.45, 7) is 2.89. The molecule has 0 bridgehead atoms. The molecule has 0 radical (unpaired) electrons. The van der Waals surface area contributed by atoms with Gasteiger partial charge in [-0.3, -0.25) is 9.35 Å². The monoisotopic (exact) mass is 428 g/mol. The van der Waals surface area contributed by atoms with Gasteiger partial charge in [0.25, 0.3) is 10.1 Å². The third-order valence-electron chi connectivity index (χ3n) is 3.53. The number of benzene rings is 2. The maximum Gasteiger partial charge on any atom is 0.261 e. The van der Waals surface area contributed by atoms with Gasteiger partial charge in [0.15, 0.2) is 0 Å². The Bertz CT molecular complexity index is 849. The Morgan fingerprint density at radius 2 is 1.75 bits per heavy atom. The van der Waals surface area contributed by atoms with Crippen LogP contribution in [0, 0.1) is 0 Å². The van der Waals surface area contributed by atoms with E-state index in [9.17, 15) is 13.2 Å². The van der Waals surface area contributed by atoms with Gasteiger partial charge in [-0.2, -0.15) is 8.42 Å². The second kappa shape index (κ2) is 11.7. The summed E-state index contributed by atoms with van der Waals surface area (Å²) in [5.41, 5.74) is 2.05. The van der Waals surface area contributed by atoms with Crippen molar-refractivity contribution in [3.63, 3.8) is 0 Å². The molecule has 1 atom stereocenters. The highest BCUT2D eigenvalue weighted by Gasteiger charge is 2.09. The van der Waals surface area contributed by atoms with Crippen LogP contribution in [0.15, 0.2) is 48.5 Å². The van der Waals surface area contributed by atoms with Crippen LogP contribution in [-0.2, 0) is 28.1 Å². The third-order valence-corrected chi connectivity index (χ3v) is 3.90. The van der Waals surface area contributed by atoms with Gasteiger partial charge in [-0.05, 0) is 30.7 Å². The summed E-state index contributed by atoms with van der Waals surface area (Å²) in [6.07, 6.45) is 0.715. The molecule has 0 aliphatic carbocycles. The van der Waals surface area contributed by atoms with E-state index in [1.807, 2.05) is 55.5 Å². The minimum Gasteiger partial charge on any atom is -0.489 e. The molecule has 0 saturated heterocycles. The van der Waals surface area contributed by atoms with Gasteiger partial charge in [0.05, 0.1) is 12.3 Å². The maximum absolute atomic E-state index is 11.4. The lowest BCUT2D eigenvalue weighted by molar-refractivity contribution is -0.122. The van der Waals surface area contributed by atoms with E-state index >= 15 is 0 Å². The minimum atomic E-state index is -3.67. The summed E-state index contributed by atoms with van der Waals surface area (Å²) in [7, 11) is -2.04. The van der Waals surface area contributed by atoms with Crippen LogP contribution in [-0.4, -0.2) is 38.2 Å². The zero-order chi connectivity index (χ0) is 21.2. The fourth-order valence-corrected chi connectivity index (χ4v) is 2.25. The van der Waals surface area contributed by atoms with E-state index in [0.29, 0.717) is 24.4 Å². The molecular formula is C19H25ClN2O5S. The smallest absolute Gasteiger partial charge is 0.261 e. The molecule has 2 aromatic rings. The molecule has 0 aromatic heterocycles. The lowest BCUT2D eigenvalue weighted by Gasteiger charge is -2.12. The summed E-state index contributed by atoms with van der Waals surface area (Å²) in [6, 6.07) is 15.2. The lowest BCUT2D eigenvalue weighted by atomic mass is 10.2. The molecule has 9 heteroatoms. The molecule has 154 valence electrons. The number of likely N-dealkylation sites (N-methyl/N-ethyl adjacent to an activating group) is 1. The molecular weight excluding hydrogens is 404 g/mol. The van der Waals surface area contributed by atoms with Crippen LogP contribution >= 0.6 is 11.6 Å². The Balaban J connectivity index is 0.000000696. The van der Waals surface area contributed by atoms with Gasteiger partial charge in [-0.1, -0.05) is 41.9 Å². The Hall–Kier alpha value is -2.13. The SMILES string of the molecule is CNC(=O)[C@@H](C)NCc1ccc(OCc2ccccc2Cl)cc1.CS(=O)(=O)O. The fourth-order valence-electron chi connectivity index (χ4n) is 2.06. The molecule has 0 unspecified atom stereocenters. The van der Waals surface area contributed by atoms with Crippen LogP contribution < -0.4 is 15.4 Å². The van der Waals surface area contributed by atoms with Crippen LogP contribution in [0.2, 0.25) is 5.02 Å². The van der Waals surface area contributed by atoms with Crippen molar-refractivity contribution < 1.29 is 22.5 Å². The number of hydrogen-bond donors (Lipinski definition) is 3. The normalized spacial score (nSPS) is 11.8. The van der Waals surface area contributed by atoms with Crippen LogP contribution in [0.5, 0.6) is 5.75 Å². The maximum atomic E-state index is 11.4. The molecule has 0 spiro atoms. The highest BCUT2D eigenvalue weighted by molar-refractivity contribution is 7.85. The van der Waals surface area contributed by atoms with E-state index in [0.717, 1.165) is 16.9 Å². The van der Waals surface area contributed by atoms with Gasteiger partial charge in [-0.25, -0.2) is 0 Å². The summed E-state index contributed by atoms with van der Waals surface area (Å²) in [5, 5.41) is 6.48. The van der Waals surface area contributed by atoms with Gasteiger partial charge in [0, 0.05) is 24.2 Å². The van der Waals surface area contributed by atoms with Gasteiger partial charge < -0.3 is 15.4 Å². The summed E-state index contributed by atoms with van der Waals surface area (Å²) in [5.74, 6) is 0.762. The molecule has 0 aliphatic heterocycles. The first-order chi connectivity index (χ1) is 13.1. The first-order valence-electron chi connectivity index (χ1n) is 8.42. The fraction of sp³-hybridized carbons (Fsp3) is 0.316. The van der Waals surface area contributed by atoms with Crippen molar-refractivity contribution in [2.24, 2.45) is 0 Å². The zero-order valence-corrected chi connectivity index (χ0v) is 17.5. The number of hydrogen-bond acceptors (Lipinski definition) is 5. The first kappa shape index (κ1) is 23.9. The van der Waals surface area contributed by atoms with Gasteiger partial charge >= 0.3 is 0 Å². The number of ether oxygens (including phenoxy) is 1. The minimum absolute atomic E-state index is 0.0234. The number of carbonyl (C=O) groups excluding carboxylic acids is 1. The van der Waals surface area contributed by atoms with Crippen molar-refractivity contribution >= 4 is 27.6 Å². The average Bonchev–Trinajstić information content (AvgIpc) is 2.64. The molecule has 28 heavy (non-hydrogen) atoms. The van der Waals surface area contributed by atoms with Crippen molar-refractivity contribution in [2.75, 3.05) is 13.3 Å². The van der Waals surface area contributed by atoms with Crippen molar-refractivity contribution in [1.29, 1.82) is 0 Å². The van der Waals surface area contributed by atoms with Crippen molar-refractivity contribution in [1.82, 2.24) is 10.6 Å². The molecule has 2 rings (SSSR count). The third kappa shape index (κ3) is 10.3. The van der Waals surface area contributed by atoms with Crippen LogP contribution in [0.4, 0.5) is 0 Å². The van der Waals surface area contributed by atoms with Crippen LogP contribution in [0.1, 0.15) is 18.1 Å². The molecule has 0 heterocycles. The Kier molecular flexibility index (Phi) is 9.95. The van der Waals surface area contributed by atoms with Gasteiger partial charge in [0.1, 0.15) is 12.4 Å². The van der Waals surface area contributed by atoms with Crippen molar-refractivity contribution in [3.8, 4) is 5.75 Å². The van der Waals surface area contributed by atoms with Crippen LogP contribution in [0.25, 0.3) is 0 Å². The number of amides is 1. The van der Waals surface area contributed by atoms with Gasteiger partial charge in [0.2, 0.25) is 5.91 Å². The van der Waals surface area contributed by atoms with E-state index in [-0.39, 0.29) is 11.9 Å². The van der Waals surface area contributed by atoms with Crippen molar-refractivity contribution in [3.05, 3.63) is 64.7 Å². The molecule has 0 saturated carbocycles. The van der Waals surface area contributed by atoms with E-state index in [1.54, 1.807) is 7.05 Å². The van der Waals surface area contributed by atoms with E-state index in [1.165, 1.54) is 0 Å². The Morgan fingerprint density at radius 3 is 2.29 bits per heavy atom. The number of carbonyl (C=O) groups is 1. The topological polar surface area (TPSA) is 105 Å². The zero-order valence-electron chi connectivity index (χ0n) is 16.0. The Labute approximate surface area is 170 Å².